The van der Waals surface area contributed by atoms with Crippen molar-refractivity contribution in [2.75, 3.05) is 29.9 Å². The summed E-state index contributed by atoms with van der Waals surface area (Å²) in [6.07, 6.45) is 2.37. The molecule has 0 radical (unpaired) electrons. The lowest BCUT2D eigenvalue weighted by Gasteiger charge is -2.43. The van der Waals surface area contributed by atoms with Gasteiger partial charge in [-0.3, -0.25) is 0 Å². The molecule has 2 aliphatic rings. The second-order valence-electron chi connectivity index (χ2n) is 6.59. The molecule has 3 aromatic rings. The first kappa shape index (κ1) is 13.7. The zero-order valence-corrected chi connectivity index (χ0v) is 13.6. The lowest BCUT2D eigenvalue weighted by molar-refractivity contribution is 0.387. The minimum absolute atomic E-state index is 0.339. The summed E-state index contributed by atoms with van der Waals surface area (Å²) in [5, 5.41) is 17.1. The molecule has 0 N–H and O–H groups in total. The Balaban J connectivity index is 1.33. The van der Waals surface area contributed by atoms with E-state index in [2.05, 4.69) is 25.2 Å². The number of fused-ring (bicyclic) bond motifs is 1. The van der Waals surface area contributed by atoms with Crippen molar-refractivity contribution in [2.24, 2.45) is 0 Å². The molecule has 0 unspecified atom stereocenters. The van der Waals surface area contributed by atoms with Crippen LogP contribution >= 0.6 is 0 Å². The van der Waals surface area contributed by atoms with Gasteiger partial charge in [-0.05, 0) is 31.9 Å². The van der Waals surface area contributed by atoms with Gasteiger partial charge in [-0.25, -0.2) is 0 Å². The molecule has 9 heteroatoms. The number of rotatable bonds is 4. The van der Waals surface area contributed by atoms with Gasteiger partial charge < -0.3 is 14.3 Å². The van der Waals surface area contributed by atoms with Gasteiger partial charge in [-0.2, -0.15) is 9.50 Å². The Labute approximate surface area is 138 Å². The summed E-state index contributed by atoms with van der Waals surface area (Å²) >= 11 is 0. The van der Waals surface area contributed by atoms with Crippen LogP contribution in [0.3, 0.4) is 0 Å². The summed E-state index contributed by atoms with van der Waals surface area (Å²) in [6.45, 7) is 3.57. The van der Waals surface area contributed by atoms with Crippen molar-refractivity contribution >= 4 is 17.5 Å². The molecule has 1 saturated carbocycles. The van der Waals surface area contributed by atoms with E-state index in [4.69, 9.17) is 9.62 Å². The average molecular weight is 326 g/mol. The summed E-state index contributed by atoms with van der Waals surface area (Å²) in [6, 6.07) is 4.90. The highest BCUT2D eigenvalue weighted by atomic mass is 16.5. The Bertz CT molecular complexity index is 892. The molecule has 1 aliphatic carbocycles. The van der Waals surface area contributed by atoms with Crippen LogP contribution in [0.2, 0.25) is 0 Å². The van der Waals surface area contributed by atoms with Crippen LogP contribution in [0.25, 0.3) is 5.65 Å². The number of aromatic nitrogens is 6. The van der Waals surface area contributed by atoms with E-state index in [1.165, 1.54) is 12.8 Å². The molecule has 0 bridgehead atoms. The largest absolute Gasteiger partial charge is 0.351 e. The Hall–Kier alpha value is -2.71. The number of aryl methyl sites for hydroxylation is 1. The minimum atomic E-state index is 0.339. The van der Waals surface area contributed by atoms with Crippen LogP contribution in [0.5, 0.6) is 0 Å². The van der Waals surface area contributed by atoms with Gasteiger partial charge in [0.2, 0.25) is 0 Å². The Morgan fingerprint density at radius 1 is 1.21 bits per heavy atom. The quantitative estimate of drug-likeness (QED) is 0.702. The number of hydrogen-bond acceptors (Lipinski definition) is 8. The first-order chi connectivity index (χ1) is 11.7. The Morgan fingerprint density at radius 3 is 2.75 bits per heavy atom. The monoisotopic (exact) mass is 326 g/mol. The maximum Gasteiger partial charge on any atom is 0.324 e. The predicted octanol–water partition coefficient (Wildman–Crippen LogP) is 1.02. The molecule has 0 aromatic carbocycles. The van der Waals surface area contributed by atoms with Crippen LogP contribution in [0.1, 0.15) is 30.4 Å². The van der Waals surface area contributed by atoms with Crippen LogP contribution in [0.4, 0.5) is 11.8 Å². The van der Waals surface area contributed by atoms with Gasteiger partial charge in [-0.15, -0.1) is 15.3 Å². The van der Waals surface area contributed by atoms with Crippen molar-refractivity contribution < 1.29 is 4.52 Å². The smallest absolute Gasteiger partial charge is 0.324 e. The molecular weight excluding hydrogens is 308 g/mol. The Kier molecular flexibility index (Phi) is 2.79. The second kappa shape index (κ2) is 4.89. The zero-order valence-electron chi connectivity index (χ0n) is 13.6. The van der Waals surface area contributed by atoms with Crippen LogP contribution in [0, 0.1) is 6.92 Å². The molecule has 24 heavy (non-hydrogen) atoms. The highest BCUT2D eigenvalue weighted by Gasteiger charge is 2.34. The first-order valence-corrected chi connectivity index (χ1v) is 8.19. The lowest BCUT2D eigenvalue weighted by atomic mass is 10.1. The van der Waals surface area contributed by atoms with Gasteiger partial charge in [0, 0.05) is 26.1 Å². The molecule has 4 heterocycles. The summed E-state index contributed by atoms with van der Waals surface area (Å²) < 4.78 is 7.12. The van der Waals surface area contributed by atoms with Crippen LogP contribution in [-0.4, -0.2) is 56.1 Å². The van der Waals surface area contributed by atoms with E-state index < -0.39 is 0 Å². The van der Waals surface area contributed by atoms with Crippen molar-refractivity contribution in [2.45, 2.75) is 31.7 Å². The molecule has 9 nitrogen and oxygen atoms in total. The van der Waals surface area contributed by atoms with E-state index in [9.17, 15) is 0 Å². The topological polar surface area (TPSA) is 88.5 Å². The molecular formula is C15H18N8O. The van der Waals surface area contributed by atoms with E-state index in [-0.39, 0.29) is 0 Å². The molecule has 0 spiro atoms. The summed E-state index contributed by atoms with van der Waals surface area (Å²) in [5.74, 6) is 3.12. The highest BCUT2D eigenvalue weighted by Crippen LogP contribution is 2.38. The summed E-state index contributed by atoms with van der Waals surface area (Å²) in [7, 11) is 1.98. The van der Waals surface area contributed by atoms with Crippen LogP contribution in [-0.2, 0) is 0 Å². The fraction of sp³-hybridized carbons (Fsp3) is 0.533. The normalized spacial score (nSPS) is 18.2. The average Bonchev–Trinajstić information content (AvgIpc) is 3.14. The number of hydrogen-bond donors (Lipinski definition) is 0. The van der Waals surface area contributed by atoms with Crippen molar-refractivity contribution in [3.8, 4) is 0 Å². The van der Waals surface area contributed by atoms with Gasteiger partial charge in [0.25, 0.3) is 0 Å². The summed E-state index contributed by atoms with van der Waals surface area (Å²) in [4.78, 5) is 8.54. The van der Waals surface area contributed by atoms with Crippen molar-refractivity contribution in [1.29, 1.82) is 0 Å². The Morgan fingerprint density at radius 2 is 2.04 bits per heavy atom. The van der Waals surface area contributed by atoms with E-state index in [1.54, 1.807) is 0 Å². The van der Waals surface area contributed by atoms with Crippen molar-refractivity contribution in [3.05, 3.63) is 23.8 Å². The molecule has 3 aromatic heterocycles. The molecule has 124 valence electrons. The highest BCUT2D eigenvalue weighted by molar-refractivity contribution is 5.49. The molecule has 0 atom stereocenters. The third-order valence-corrected chi connectivity index (χ3v) is 4.77. The van der Waals surface area contributed by atoms with E-state index in [1.807, 2.05) is 35.5 Å². The number of likely N-dealkylation sites (N-methyl/N-ethyl adjacent to an activating group) is 1. The number of anilines is 2. The van der Waals surface area contributed by atoms with Gasteiger partial charge in [-0.1, -0.05) is 5.16 Å². The fourth-order valence-corrected chi connectivity index (χ4v) is 3.03. The standard InChI is InChI=1S/C15H18N8O/c1-9-16-15(24-20-9)21(2)11-7-22(8-11)13-6-5-12-17-18-14(10-3-4-10)23(12)19-13/h5-6,10-11H,3-4,7-8H2,1-2H3. The van der Waals surface area contributed by atoms with Crippen molar-refractivity contribution in [3.63, 3.8) is 0 Å². The van der Waals surface area contributed by atoms with Gasteiger partial charge in [0.1, 0.15) is 5.82 Å². The van der Waals surface area contributed by atoms with E-state index in [0.29, 0.717) is 23.8 Å². The molecule has 0 amide bonds. The molecule has 5 rings (SSSR count). The molecule has 1 aliphatic heterocycles. The van der Waals surface area contributed by atoms with Gasteiger partial charge in [0.05, 0.1) is 6.04 Å². The third kappa shape index (κ3) is 2.11. The zero-order chi connectivity index (χ0) is 16.3. The molecule has 1 saturated heterocycles. The maximum absolute atomic E-state index is 5.23. The minimum Gasteiger partial charge on any atom is -0.351 e. The van der Waals surface area contributed by atoms with E-state index >= 15 is 0 Å². The predicted molar refractivity (Wildman–Crippen MR) is 86.2 cm³/mol. The van der Waals surface area contributed by atoms with E-state index in [0.717, 1.165) is 30.4 Å². The van der Waals surface area contributed by atoms with Crippen molar-refractivity contribution in [1.82, 2.24) is 30.0 Å². The lowest BCUT2D eigenvalue weighted by Crippen LogP contribution is -2.59. The second-order valence-corrected chi connectivity index (χ2v) is 6.59. The third-order valence-electron chi connectivity index (χ3n) is 4.77. The maximum atomic E-state index is 5.23. The first-order valence-electron chi connectivity index (χ1n) is 8.19. The van der Waals surface area contributed by atoms with Crippen LogP contribution in [0.15, 0.2) is 16.7 Å². The SMILES string of the molecule is Cc1noc(N(C)C2CN(c3ccc4nnc(C5CC5)n4n3)C2)n1. The fourth-order valence-electron chi connectivity index (χ4n) is 3.03. The van der Waals surface area contributed by atoms with Crippen LogP contribution < -0.4 is 9.80 Å². The van der Waals surface area contributed by atoms with Gasteiger partial charge >= 0.3 is 6.01 Å². The van der Waals surface area contributed by atoms with Gasteiger partial charge in [0.15, 0.2) is 17.3 Å². The molecule has 2 fully saturated rings. The number of nitrogens with zero attached hydrogens (tertiary/aromatic N) is 8. The summed E-state index contributed by atoms with van der Waals surface area (Å²) in [5.41, 5.74) is 0.816.